The number of fused-ring (bicyclic) bond motifs is 1. The highest BCUT2D eigenvalue weighted by molar-refractivity contribution is 6.39. The summed E-state index contributed by atoms with van der Waals surface area (Å²) in [4.78, 5) is 38.9. The molecule has 1 aromatic rings. The Morgan fingerprint density at radius 1 is 1.23 bits per heavy atom. The fourth-order valence-electron chi connectivity index (χ4n) is 3.21. The Hall–Kier alpha value is -3.03. The average Bonchev–Trinajstić information content (AvgIpc) is 2.73. The molecule has 7 nitrogen and oxygen atoms in total. The van der Waals surface area contributed by atoms with E-state index in [0.29, 0.717) is 11.3 Å². The summed E-state index contributed by atoms with van der Waals surface area (Å²) in [5.74, 6) is -2.74. The van der Waals surface area contributed by atoms with Gasteiger partial charge in [0.15, 0.2) is 11.5 Å². The first-order valence-electron chi connectivity index (χ1n) is 9.07. The summed E-state index contributed by atoms with van der Waals surface area (Å²) in [6.45, 7) is 4.43. The van der Waals surface area contributed by atoms with Crippen LogP contribution in [-0.2, 0) is 19.1 Å². The Bertz CT molecular complexity index is 1140. The van der Waals surface area contributed by atoms with Gasteiger partial charge in [-0.2, -0.15) is 0 Å². The van der Waals surface area contributed by atoms with E-state index >= 15 is 0 Å². The first-order valence-corrected chi connectivity index (χ1v) is 9.82. The monoisotopic (exact) mass is 464 g/mol. The summed E-state index contributed by atoms with van der Waals surface area (Å²) in [6, 6.07) is 0. The molecule has 0 saturated carbocycles. The maximum absolute atomic E-state index is 13.1. The zero-order chi connectivity index (χ0) is 23.1. The van der Waals surface area contributed by atoms with Crippen molar-refractivity contribution in [3.8, 4) is 11.5 Å². The molecule has 0 bridgehead atoms. The molecule has 31 heavy (non-hydrogen) atoms. The molecule has 0 radical (unpaired) electrons. The van der Waals surface area contributed by atoms with Crippen LogP contribution < -0.4 is 4.74 Å². The number of rotatable bonds is 4. The largest absolute Gasteiger partial charge is 0.505 e. The van der Waals surface area contributed by atoms with E-state index in [1.54, 1.807) is 25.2 Å². The Kier molecular flexibility index (Phi) is 6.02. The summed E-state index contributed by atoms with van der Waals surface area (Å²) in [6.07, 6.45) is 7.38. The minimum Gasteiger partial charge on any atom is -0.505 e. The topological polar surface area (TPSA) is 99.1 Å². The number of allylic oxidation sites excluding steroid dienone is 4. The average molecular weight is 465 g/mol. The number of hydrogen-bond acceptors (Lipinski definition) is 7. The van der Waals surface area contributed by atoms with Crippen LogP contribution in [0.1, 0.15) is 29.8 Å². The van der Waals surface area contributed by atoms with Crippen molar-refractivity contribution >= 4 is 40.7 Å². The fraction of sp³-hybridized carbons (Fsp3) is 0.227. The van der Waals surface area contributed by atoms with E-state index in [1.165, 1.54) is 33.3 Å². The van der Waals surface area contributed by atoms with E-state index in [9.17, 15) is 19.5 Å². The van der Waals surface area contributed by atoms with Crippen molar-refractivity contribution in [1.82, 2.24) is 0 Å². The van der Waals surface area contributed by atoms with E-state index in [0.717, 1.165) is 0 Å². The van der Waals surface area contributed by atoms with Gasteiger partial charge in [-0.05, 0) is 50.1 Å². The van der Waals surface area contributed by atoms with Gasteiger partial charge in [0, 0.05) is 0 Å². The van der Waals surface area contributed by atoms with Crippen molar-refractivity contribution in [2.45, 2.75) is 26.4 Å². The summed E-state index contributed by atoms with van der Waals surface area (Å²) >= 11 is 12.1. The normalized spacial score (nSPS) is 20.5. The number of hydrogen-bond donors (Lipinski definition) is 1. The minimum absolute atomic E-state index is 0.0913. The summed E-state index contributed by atoms with van der Waals surface area (Å²) < 4.78 is 15.9. The van der Waals surface area contributed by atoms with Gasteiger partial charge in [0.2, 0.25) is 17.2 Å². The van der Waals surface area contributed by atoms with Gasteiger partial charge in [-0.3, -0.25) is 9.59 Å². The standard InChI is InChI=1S/C22H18Cl2O7/c1-5-6-12-7-11-8-14(25)22(3,20(27)13(11)9-30-12)31-21(28)15-10(2)16(23)18(26)17(24)19(15)29-4/h5-9,26H,1-4H3/t22-/m0/s1. The van der Waals surface area contributed by atoms with Crippen LogP contribution in [0.15, 0.2) is 47.5 Å². The second-order valence-electron chi connectivity index (χ2n) is 6.92. The molecular formula is C22H18Cl2O7. The van der Waals surface area contributed by atoms with Crippen LogP contribution in [0.3, 0.4) is 0 Å². The van der Waals surface area contributed by atoms with E-state index in [2.05, 4.69) is 0 Å². The number of halogens is 2. The molecule has 0 fully saturated rings. The second kappa shape index (κ2) is 8.24. The van der Waals surface area contributed by atoms with Gasteiger partial charge >= 0.3 is 5.97 Å². The number of ketones is 2. The van der Waals surface area contributed by atoms with E-state index in [1.807, 2.05) is 0 Å². The molecule has 1 heterocycles. The third-order valence-electron chi connectivity index (χ3n) is 4.94. The molecule has 2 aliphatic rings. The van der Waals surface area contributed by atoms with Gasteiger partial charge in [0.1, 0.15) is 22.6 Å². The van der Waals surface area contributed by atoms with Crippen molar-refractivity contribution in [2.75, 3.05) is 7.11 Å². The number of methoxy groups -OCH3 is 1. The molecule has 3 rings (SSSR count). The molecule has 0 saturated heterocycles. The number of carbonyl (C=O) groups is 3. The first-order chi connectivity index (χ1) is 14.6. The lowest BCUT2D eigenvalue weighted by Crippen LogP contribution is -2.50. The van der Waals surface area contributed by atoms with E-state index in [4.69, 9.17) is 37.4 Å². The van der Waals surface area contributed by atoms with Crippen LogP contribution in [0.2, 0.25) is 10.0 Å². The smallest absolute Gasteiger partial charge is 0.343 e. The number of benzene rings is 1. The fourth-order valence-corrected chi connectivity index (χ4v) is 3.71. The van der Waals surface area contributed by atoms with Crippen LogP contribution in [0, 0.1) is 6.92 Å². The predicted molar refractivity (Wildman–Crippen MR) is 113 cm³/mol. The molecule has 0 spiro atoms. The Morgan fingerprint density at radius 2 is 1.90 bits per heavy atom. The van der Waals surface area contributed by atoms with Gasteiger partial charge in [0.25, 0.3) is 0 Å². The van der Waals surface area contributed by atoms with Crippen molar-refractivity contribution in [3.63, 3.8) is 0 Å². The highest BCUT2D eigenvalue weighted by atomic mass is 35.5. The van der Waals surface area contributed by atoms with Crippen molar-refractivity contribution in [3.05, 3.63) is 68.6 Å². The maximum Gasteiger partial charge on any atom is 0.343 e. The lowest BCUT2D eigenvalue weighted by atomic mass is 9.80. The Balaban J connectivity index is 2.04. The number of phenols is 1. The van der Waals surface area contributed by atoms with Crippen molar-refractivity contribution < 1.29 is 33.7 Å². The van der Waals surface area contributed by atoms with Crippen molar-refractivity contribution in [2.24, 2.45) is 0 Å². The van der Waals surface area contributed by atoms with Gasteiger partial charge in [-0.25, -0.2) is 4.79 Å². The number of aromatic hydroxyl groups is 1. The van der Waals surface area contributed by atoms with Gasteiger partial charge in [-0.15, -0.1) is 0 Å². The van der Waals surface area contributed by atoms with Gasteiger partial charge < -0.3 is 19.3 Å². The zero-order valence-electron chi connectivity index (χ0n) is 17.0. The Labute approximate surface area is 188 Å². The number of phenolic OH excluding ortho intramolecular Hbond substituents is 1. The quantitative estimate of drug-likeness (QED) is 0.520. The maximum atomic E-state index is 13.1. The highest BCUT2D eigenvalue weighted by Crippen LogP contribution is 2.45. The minimum atomic E-state index is -2.14. The first kappa shape index (κ1) is 22.7. The molecule has 1 atom stereocenters. The zero-order valence-corrected chi connectivity index (χ0v) is 18.6. The van der Waals surface area contributed by atoms with Crippen LogP contribution in [-0.4, -0.2) is 35.4 Å². The van der Waals surface area contributed by atoms with Crippen LogP contribution in [0.25, 0.3) is 0 Å². The summed E-state index contributed by atoms with van der Waals surface area (Å²) in [7, 11) is 1.23. The van der Waals surface area contributed by atoms with E-state index < -0.39 is 28.9 Å². The summed E-state index contributed by atoms with van der Waals surface area (Å²) in [5, 5.41) is 9.52. The predicted octanol–water partition coefficient (Wildman–Crippen LogP) is 4.38. The molecule has 162 valence electrons. The van der Waals surface area contributed by atoms with Crippen LogP contribution in [0.5, 0.6) is 11.5 Å². The number of esters is 1. The molecule has 0 aromatic heterocycles. The van der Waals surface area contributed by atoms with Gasteiger partial charge in [-0.1, -0.05) is 29.3 Å². The molecule has 9 heteroatoms. The molecule has 0 unspecified atom stereocenters. The number of ether oxygens (including phenoxy) is 3. The second-order valence-corrected chi connectivity index (χ2v) is 7.68. The molecular weight excluding hydrogens is 447 g/mol. The molecule has 1 aliphatic heterocycles. The SMILES string of the molecule is CC=CC1=CC2=CC(=O)[C@](C)(OC(=O)c3c(C)c(Cl)c(O)c(Cl)c3OC)C(=O)C2=CO1. The molecule has 1 aromatic carbocycles. The lowest BCUT2D eigenvalue weighted by molar-refractivity contribution is -0.145. The Morgan fingerprint density at radius 3 is 2.52 bits per heavy atom. The highest BCUT2D eigenvalue weighted by Gasteiger charge is 2.50. The number of Topliss-reactive ketones (excluding diaryl/α,β-unsaturated/α-hetero) is 1. The number of carbonyl (C=O) groups excluding carboxylic acids is 3. The van der Waals surface area contributed by atoms with E-state index in [-0.39, 0.29) is 32.5 Å². The van der Waals surface area contributed by atoms with Crippen molar-refractivity contribution in [1.29, 1.82) is 0 Å². The molecule has 0 amide bonds. The van der Waals surface area contributed by atoms with Gasteiger partial charge in [0.05, 0.1) is 17.7 Å². The summed E-state index contributed by atoms with van der Waals surface area (Å²) in [5.41, 5.74) is -1.80. The lowest BCUT2D eigenvalue weighted by Gasteiger charge is -2.31. The third kappa shape index (κ3) is 3.64. The third-order valence-corrected chi connectivity index (χ3v) is 5.75. The molecule has 1 N–H and O–H groups in total. The molecule has 1 aliphatic carbocycles. The van der Waals surface area contributed by atoms with Crippen LogP contribution >= 0.6 is 23.2 Å². The van der Waals surface area contributed by atoms with Crippen LogP contribution in [0.4, 0.5) is 0 Å².